The van der Waals surface area contributed by atoms with Crippen LogP contribution in [0.3, 0.4) is 0 Å². The molecule has 29 heavy (non-hydrogen) atoms. The molecule has 1 saturated heterocycles. The van der Waals surface area contributed by atoms with Gasteiger partial charge in [-0.3, -0.25) is 0 Å². The molecule has 1 aromatic heterocycles. The third-order valence-electron chi connectivity index (χ3n) is 4.90. The zero-order valence-corrected chi connectivity index (χ0v) is 16.7. The van der Waals surface area contributed by atoms with Gasteiger partial charge < -0.3 is 19.5 Å². The predicted molar refractivity (Wildman–Crippen MR) is 110 cm³/mol. The zero-order chi connectivity index (χ0) is 20.2. The number of ether oxygens (including phenoxy) is 1. The molecule has 150 valence electrons. The average Bonchev–Trinajstić information content (AvgIpc) is 3.24. The molecule has 7 nitrogen and oxygen atoms in total. The van der Waals surface area contributed by atoms with Crippen LogP contribution in [0.4, 0.5) is 10.5 Å². The lowest BCUT2D eigenvalue weighted by atomic mass is 9.98. The summed E-state index contributed by atoms with van der Waals surface area (Å²) in [6.45, 7) is 1.20. The number of carbonyl (C=O) groups is 1. The highest BCUT2D eigenvalue weighted by atomic mass is 35.5. The van der Waals surface area contributed by atoms with Crippen LogP contribution in [0.1, 0.15) is 24.7 Å². The Balaban J connectivity index is 1.43. The van der Waals surface area contributed by atoms with Gasteiger partial charge in [-0.1, -0.05) is 35.0 Å². The summed E-state index contributed by atoms with van der Waals surface area (Å²) in [7, 11) is 1.60. The molecule has 0 aliphatic carbocycles. The Kier molecular flexibility index (Phi) is 5.67. The van der Waals surface area contributed by atoms with E-state index in [0.29, 0.717) is 41.3 Å². The fourth-order valence-electron chi connectivity index (χ4n) is 3.41. The Morgan fingerprint density at radius 2 is 2.14 bits per heavy atom. The minimum atomic E-state index is -0.155. The molecule has 1 N–H and O–H groups in total. The maximum absolute atomic E-state index is 12.7. The third kappa shape index (κ3) is 4.51. The van der Waals surface area contributed by atoms with Crippen LogP contribution >= 0.6 is 11.6 Å². The number of amides is 2. The van der Waals surface area contributed by atoms with Crippen LogP contribution < -0.4 is 10.1 Å². The second-order valence-electron chi connectivity index (χ2n) is 6.91. The van der Waals surface area contributed by atoms with Crippen molar-refractivity contribution in [3.63, 3.8) is 0 Å². The lowest BCUT2D eigenvalue weighted by molar-refractivity contribution is 0.184. The van der Waals surface area contributed by atoms with Gasteiger partial charge in [0, 0.05) is 35.4 Å². The predicted octanol–water partition coefficient (Wildman–Crippen LogP) is 4.81. The van der Waals surface area contributed by atoms with Gasteiger partial charge in [-0.15, -0.1) is 0 Å². The van der Waals surface area contributed by atoms with Crippen molar-refractivity contribution in [1.29, 1.82) is 0 Å². The monoisotopic (exact) mass is 412 g/mol. The van der Waals surface area contributed by atoms with Crippen molar-refractivity contribution in [2.75, 3.05) is 25.5 Å². The van der Waals surface area contributed by atoms with E-state index in [2.05, 4.69) is 15.5 Å². The molecule has 0 saturated carbocycles. The summed E-state index contributed by atoms with van der Waals surface area (Å²) in [5.74, 6) is 1.73. The minimum Gasteiger partial charge on any atom is -0.497 e. The van der Waals surface area contributed by atoms with Gasteiger partial charge in [0.25, 0.3) is 0 Å². The summed E-state index contributed by atoms with van der Waals surface area (Å²) >= 11 is 6.04. The average molecular weight is 413 g/mol. The summed E-state index contributed by atoms with van der Waals surface area (Å²) < 4.78 is 10.7. The van der Waals surface area contributed by atoms with Crippen LogP contribution in [0.2, 0.25) is 5.02 Å². The molecule has 0 radical (unpaired) electrons. The van der Waals surface area contributed by atoms with E-state index in [9.17, 15) is 4.79 Å². The van der Waals surface area contributed by atoms with Crippen molar-refractivity contribution in [3.05, 3.63) is 59.4 Å². The number of hydrogen-bond donors (Lipinski definition) is 1. The first-order valence-electron chi connectivity index (χ1n) is 9.42. The molecule has 2 aromatic carbocycles. The van der Waals surface area contributed by atoms with E-state index in [4.69, 9.17) is 20.9 Å². The Labute approximate surface area is 173 Å². The van der Waals surface area contributed by atoms with Crippen LogP contribution in [0, 0.1) is 0 Å². The van der Waals surface area contributed by atoms with Crippen LogP contribution in [0.25, 0.3) is 11.4 Å². The van der Waals surface area contributed by atoms with Crippen LogP contribution in [0.5, 0.6) is 5.75 Å². The molecule has 8 heteroatoms. The van der Waals surface area contributed by atoms with Crippen molar-refractivity contribution in [2.24, 2.45) is 0 Å². The Bertz CT molecular complexity index is 1010. The fraction of sp³-hybridized carbons (Fsp3) is 0.286. The quantitative estimate of drug-likeness (QED) is 0.665. The number of nitrogens with zero attached hydrogens (tertiary/aromatic N) is 3. The number of halogens is 1. The van der Waals surface area contributed by atoms with Crippen molar-refractivity contribution in [1.82, 2.24) is 15.0 Å². The van der Waals surface area contributed by atoms with Gasteiger partial charge in [0.1, 0.15) is 5.75 Å². The Morgan fingerprint density at radius 1 is 1.28 bits per heavy atom. The summed E-state index contributed by atoms with van der Waals surface area (Å²) in [6, 6.07) is 14.5. The summed E-state index contributed by atoms with van der Waals surface area (Å²) in [4.78, 5) is 19.0. The molecule has 2 amide bonds. The molecular formula is C21H21ClN4O3. The maximum Gasteiger partial charge on any atom is 0.321 e. The maximum atomic E-state index is 12.7. The Hall–Kier alpha value is -3.06. The van der Waals surface area contributed by atoms with Gasteiger partial charge in [-0.2, -0.15) is 4.98 Å². The SMILES string of the molecule is COc1cccc(NC(=O)N2CCCC(c3nc(-c4cccc(Cl)c4)no3)C2)c1. The van der Waals surface area contributed by atoms with Gasteiger partial charge in [0.15, 0.2) is 0 Å². The second-order valence-corrected chi connectivity index (χ2v) is 7.35. The number of aromatic nitrogens is 2. The number of hydrogen-bond acceptors (Lipinski definition) is 5. The lowest BCUT2D eigenvalue weighted by Crippen LogP contribution is -2.41. The van der Waals surface area contributed by atoms with Crippen LogP contribution in [-0.4, -0.2) is 41.3 Å². The molecule has 1 aliphatic rings. The van der Waals surface area contributed by atoms with Crippen LogP contribution in [0.15, 0.2) is 53.1 Å². The number of benzene rings is 2. The van der Waals surface area contributed by atoms with Crippen molar-refractivity contribution in [2.45, 2.75) is 18.8 Å². The van der Waals surface area contributed by atoms with E-state index in [1.54, 1.807) is 30.2 Å². The lowest BCUT2D eigenvalue weighted by Gasteiger charge is -2.31. The van der Waals surface area contributed by atoms with E-state index in [1.807, 2.05) is 30.3 Å². The minimum absolute atomic E-state index is 0.000226. The van der Waals surface area contributed by atoms with E-state index in [1.165, 1.54) is 0 Å². The first-order valence-corrected chi connectivity index (χ1v) is 9.79. The highest BCUT2D eigenvalue weighted by Crippen LogP contribution is 2.29. The van der Waals surface area contributed by atoms with Crippen molar-refractivity contribution in [3.8, 4) is 17.1 Å². The number of anilines is 1. The van der Waals surface area contributed by atoms with Crippen LogP contribution in [-0.2, 0) is 0 Å². The molecule has 4 rings (SSSR count). The number of methoxy groups -OCH3 is 1. The highest BCUT2D eigenvalue weighted by Gasteiger charge is 2.29. The molecule has 0 bridgehead atoms. The number of likely N-dealkylation sites (tertiary alicyclic amines) is 1. The number of carbonyl (C=O) groups excluding carboxylic acids is 1. The first-order chi connectivity index (χ1) is 14.1. The standard InChI is InChI=1S/C21H21ClN4O3/c1-28-18-9-3-8-17(12-18)23-21(27)26-10-4-6-15(13-26)20-24-19(25-29-20)14-5-2-7-16(22)11-14/h2-3,5,7-9,11-12,15H,4,6,10,13H2,1H3,(H,23,27). The van der Waals surface area contributed by atoms with Gasteiger partial charge in [-0.05, 0) is 37.1 Å². The molecule has 2 heterocycles. The van der Waals surface area contributed by atoms with E-state index in [-0.39, 0.29) is 11.9 Å². The first kappa shape index (κ1) is 19.3. The molecule has 1 aliphatic heterocycles. The third-order valence-corrected chi connectivity index (χ3v) is 5.14. The van der Waals surface area contributed by atoms with Gasteiger partial charge in [0.2, 0.25) is 11.7 Å². The number of nitrogens with one attached hydrogen (secondary N) is 1. The van der Waals surface area contributed by atoms with Crippen molar-refractivity contribution >= 4 is 23.3 Å². The van der Waals surface area contributed by atoms with E-state index < -0.39 is 0 Å². The molecule has 1 atom stereocenters. The second kappa shape index (κ2) is 8.53. The normalized spacial score (nSPS) is 16.5. The Morgan fingerprint density at radius 3 is 2.97 bits per heavy atom. The highest BCUT2D eigenvalue weighted by molar-refractivity contribution is 6.30. The molecule has 1 unspecified atom stereocenters. The number of urea groups is 1. The van der Waals surface area contributed by atoms with E-state index >= 15 is 0 Å². The molecule has 1 fully saturated rings. The fourth-order valence-corrected chi connectivity index (χ4v) is 3.60. The molecular weight excluding hydrogens is 392 g/mol. The van der Waals surface area contributed by atoms with Crippen molar-refractivity contribution < 1.29 is 14.1 Å². The molecule has 3 aromatic rings. The topological polar surface area (TPSA) is 80.5 Å². The van der Waals surface area contributed by atoms with Gasteiger partial charge >= 0.3 is 6.03 Å². The van der Waals surface area contributed by atoms with Gasteiger partial charge in [0.05, 0.1) is 13.0 Å². The summed E-state index contributed by atoms with van der Waals surface area (Å²) in [5.41, 5.74) is 1.49. The number of piperidine rings is 1. The summed E-state index contributed by atoms with van der Waals surface area (Å²) in [5, 5.41) is 7.62. The van der Waals surface area contributed by atoms with E-state index in [0.717, 1.165) is 18.4 Å². The van der Waals surface area contributed by atoms with Gasteiger partial charge in [-0.25, -0.2) is 4.79 Å². The number of rotatable bonds is 4. The summed E-state index contributed by atoms with van der Waals surface area (Å²) in [6.07, 6.45) is 1.76. The molecule has 0 spiro atoms. The zero-order valence-electron chi connectivity index (χ0n) is 16.0. The smallest absolute Gasteiger partial charge is 0.321 e. The largest absolute Gasteiger partial charge is 0.497 e.